The number of fused-ring (bicyclic) bond motifs is 1. The van der Waals surface area contributed by atoms with Gasteiger partial charge < -0.3 is 10.1 Å². The predicted octanol–water partition coefficient (Wildman–Crippen LogP) is 0.701. The quantitative estimate of drug-likeness (QED) is 0.738. The molecule has 4 nitrogen and oxygen atoms in total. The second-order valence-electron chi connectivity index (χ2n) is 3.63. The van der Waals surface area contributed by atoms with Gasteiger partial charge in [-0.2, -0.15) is 0 Å². The van der Waals surface area contributed by atoms with E-state index in [0.29, 0.717) is 6.61 Å². The van der Waals surface area contributed by atoms with Crippen molar-refractivity contribution < 1.29 is 4.74 Å². The van der Waals surface area contributed by atoms with Gasteiger partial charge in [-0.05, 0) is 6.92 Å². The van der Waals surface area contributed by atoms with Gasteiger partial charge in [-0.25, -0.2) is 9.97 Å². The van der Waals surface area contributed by atoms with Gasteiger partial charge in [-0.3, -0.25) is 0 Å². The number of rotatable bonds is 4. The molecule has 1 aromatic heterocycles. The van der Waals surface area contributed by atoms with Crippen LogP contribution in [0.1, 0.15) is 24.0 Å². The Hall–Kier alpha value is -1.00. The summed E-state index contributed by atoms with van der Waals surface area (Å²) in [5, 5.41) is 3.31. The van der Waals surface area contributed by atoms with Crippen LogP contribution in [0.15, 0.2) is 6.20 Å². The zero-order valence-electron chi connectivity index (χ0n) is 9.12. The van der Waals surface area contributed by atoms with Gasteiger partial charge in [-0.15, -0.1) is 0 Å². The fourth-order valence-corrected chi connectivity index (χ4v) is 1.71. The molecule has 0 spiro atoms. The lowest BCUT2D eigenvalue weighted by Crippen LogP contribution is -2.25. The van der Waals surface area contributed by atoms with Crippen molar-refractivity contribution in [1.29, 1.82) is 0 Å². The van der Waals surface area contributed by atoms with Gasteiger partial charge in [0, 0.05) is 50.0 Å². The first-order valence-corrected chi connectivity index (χ1v) is 5.52. The first kappa shape index (κ1) is 10.5. The minimum absolute atomic E-state index is 0.716. The zero-order valence-corrected chi connectivity index (χ0v) is 9.12. The van der Waals surface area contributed by atoms with Crippen LogP contribution in [-0.4, -0.2) is 29.7 Å². The van der Waals surface area contributed by atoms with Gasteiger partial charge in [0.2, 0.25) is 0 Å². The van der Waals surface area contributed by atoms with Crippen molar-refractivity contribution in [3.63, 3.8) is 0 Å². The Morgan fingerprint density at radius 2 is 2.47 bits per heavy atom. The molecule has 0 saturated carbocycles. The van der Waals surface area contributed by atoms with Gasteiger partial charge in [0.05, 0.1) is 6.61 Å². The number of nitrogens with zero attached hydrogens (tertiary/aromatic N) is 2. The highest BCUT2D eigenvalue weighted by Gasteiger charge is 2.10. The number of aromatic nitrogens is 2. The van der Waals surface area contributed by atoms with E-state index in [2.05, 4.69) is 15.3 Å². The van der Waals surface area contributed by atoms with Crippen LogP contribution in [0.4, 0.5) is 0 Å². The number of ether oxygens (including phenoxy) is 1. The summed E-state index contributed by atoms with van der Waals surface area (Å²) in [5.74, 6) is 0.907. The smallest absolute Gasteiger partial charge is 0.130 e. The van der Waals surface area contributed by atoms with Crippen molar-refractivity contribution in [2.24, 2.45) is 0 Å². The summed E-state index contributed by atoms with van der Waals surface area (Å²) in [6.07, 6.45) is 3.77. The summed E-state index contributed by atoms with van der Waals surface area (Å²) in [5.41, 5.74) is 2.44. The molecule has 0 fully saturated rings. The maximum Gasteiger partial charge on any atom is 0.130 e. The van der Waals surface area contributed by atoms with E-state index in [-0.39, 0.29) is 0 Å². The van der Waals surface area contributed by atoms with Crippen molar-refractivity contribution >= 4 is 0 Å². The van der Waals surface area contributed by atoms with Crippen molar-refractivity contribution in [2.75, 3.05) is 19.8 Å². The molecule has 0 atom stereocenters. The Bertz CT molecular complexity index is 328. The zero-order chi connectivity index (χ0) is 10.5. The van der Waals surface area contributed by atoms with Crippen LogP contribution in [0.2, 0.25) is 0 Å². The lowest BCUT2D eigenvalue weighted by atomic mass is 10.1. The standard InChI is InChI=1S/C11H17N3O/c1-2-15-6-4-11-13-8-9-7-12-5-3-10(9)14-11/h8,12H,2-7H2,1H3. The SMILES string of the molecule is CCOCCc1ncc2c(n1)CCNC2. The van der Waals surface area contributed by atoms with Gasteiger partial charge in [-0.1, -0.05) is 0 Å². The van der Waals surface area contributed by atoms with E-state index in [1.54, 1.807) is 0 Å². The summed E-state index contributed by atoms with van der Waals surface area (Å²) in [6.45, 7) is 5.40. The number of hydrogen-bond acceptors (Lipinski definition) is 4. The molecule has 0 amide bonds. The Morgan fingerprint density at radius 3 is 3.33 bits per heavy atom. The average molecular weight is 207 g/mol. The lowest BCUT2D eigenvalue weighted by Gasteiger charge is -2.15. The minimum atomic E-state index is 0.716. The van der Waals surface area contributed by atoms with Crippen LogP contribution in [0.5, 0.6) is 0 Å². The molecule has 0 radical (unpaired) electrons. The van der Waals surface area contributed by atoms with Crippen molar-refractivity contribution in [2.45, 2.75) is 26.3 Å². The molecule has 2 heterocycles. The van der Waals surface area contributed by atoms with Crippen molar-refractivity contribution in [3.05, 3.63) is 23.3 Å². The van der Waals surface area contributed by atoms with Crippen LogP contribution in [-0.2, 0) is 24.1 Å². The normalized spacial score (nSPS) is 15.0. The molecule has 0 bridgehead atoms. The Balaban J connectivity index is 2.00. The van der Waals surface area contributed by atoms with Crippen LogP contribution in [0.3, 0.4) is 0 Å². The molecule has 1 N–H and O–H groups in total. The third-order valence-corrected chi connectivity index (χ3v) is 2.53. The van der Waals surface area contributed by atoms with E-state index in [0.717, 1.165) is 38.4 Å². The molecule has 0 saturated heterocycles. The number of hydrogen-bond donors (Lipinski definition) is 1. The monoisotopic (exact) mass is 207 g/mol. The molecule has 0 aliphatic carbocycles. The summed E-state index contributed by atoms with van der Waals surface area (Å²) < 4.78 is 5.29. The third kappa shape index (κ3) is 2.73. The molecular formula is C11H17N3O. The lowest BCUT2D eigenvalue weighted by molar-refractivity contribution is 0.149. The molecule has 0 aromatic carbocycles. The Labute approximate surface area is 90.1 Å². The highest BCUT2D eigenvalue weighted by atomic mass is 16.5. The van der Waals surface area contributed by atoms with Crippen LogP contribution in [0, 0.1) is 0 Å². The summed E-state index contributed by atoms with van der Waals surface area (Å²) in [6, 6.07) is 0. The first-order valence-electron chi connectivity index (χ1n) is 5.52. The molecule has 1 aliphatic rings. The highest BCUT2D eigenvalue weighted by Crippen LogP contribution is 2.10. The average Bonchev–Trinajstić information content (AvgIpc) is 2.29. The largest absolute Gasteiger partial charge is 0.381 e. The van der Waals surface area contributed by atoms with Crippen molar-refractivity contribution in [1.82, 2.24) is 15.3 Å². The maximum absolute atomic E-state index is 5.29. The van der Waals surface area contributed by atoms with E-state index in [4.69, 9.17) is 4.74 Å². The molecular weight excluding hydrogens is 190 g/mol. The molecule has 0 unspecified atom stereocenters. The topological polar surface area (TPSA) is 47.0 Å². The summed E-state index contributed by atoms with van der Waals surface area (Å²) in [4.78, 5) is 8.89. The van der Waals surface area contributed by atoms with E-state index in [1.807, 2.05) is 13.1 Å². The molecule has 82 valence electrons. The van der Waals surface area contributed by atoms with Gasteiger partial charge in [0.15, 0.2) is 0 Å². The molecule has 1 aromatic rings. The first-order chi connectivity index (χ1) is 7.40. The minimum Gasteiger partial charge on any atom is -0.381 e. The predicted molar refractivity (Wildman–Crippen MR) is 57.6 cm³/mol. The molecule has 2 rings (SSSR count). The summed E-state index contributed by atoms with van der Waals surface area (Å²) >= 11 is 0. The maximum atomic E-state index is 5.29. The van der Waals surface area contributed by atoms with Crippen LogP contribution >= 0.6 is 0 Å². The van der Waals surface area contributed by atoms with E-state index in [9.17, 15) is 0 Å². The van der Waals surface area contributed by atoms with Crippen molar-refractivity contribution in [3.8, 4) is 0 Å². The summed E-state index contributed by atoms with van der Waals surface area (Å²) in [7, 11) is 0. The van der Waals surface area contributed by atoms with Gasteiger partial charge >= 0.3 is 0 Å². The molecule has 15 heavy (non-hydrogen) atoms. The van der Waals surface area contributed by atoms with Crippen LogP contribution in [0.25, 0.3) is 0 Å². The van der Waals surface area contributed by atoms with E-state index in [1.165, 1.54) is 11.3 Å². The van der Waals surface area contributed by atoms with E-state index >= 15 is 0 Å². The van der Waals surface area contributed by atoms with E-state index < -0.39 is 0 Å². The molecule has 4 heteroatoms. The molecule has 1 aliphatic heterocycles. The van der Waals surface area contributed by atoms with Crippen LogP contribution < -0.4 is 5.32 Å². The van der Waals surface area contributed by atoms with Gasteiger partial charge in [0.1, 0.15) is 5.82 Å². The second-order valence-corrected chi connectivity index (χ2v) is 3.63. The Kier molecular flexibility index (Phi) is 3.64. The fourth-order valence-electron chi connectivity index (χ4n) is 1.71. The second kappa shape index (κ2) is 5.19. The highest BCUT2D eigenvalue weighted by molar-refractivity contribution is 5.20. The fraction of sp³-hybridized carbons (Fsp3) is 0.636. The third-order valence-electron chi connectivity index (χ3n) is 2.53. The van der Waals surface area contributed by atoms with Gasteiger partial charge in [0.25, 0.3) is 0 Å². The number of nitrogens with one attached hydrogen (secondary N) is 1. The Morgan fingerprint density at radius 1 is 1.53 bits per heavy atom.